The average Bonchev–Trinajstić information content (AvgIpc) is 3.41. The average molecular weight is 438 g/mol. The Hall–Kier alpha value is -2.33. The molecule has 3 heterocycles. The molecule has 4 rings (SSSR count). The topological polar surface area (TPSA) is 104 Å². The van der Waals surface area contributed by atoms with Crippen molar-refractivity contribution in [1.29, 1.82) is 0 Å². The van der Waals surface area contributed by atoms with Crippen LogP contribution in [0, 0.1) is 11.7 Å². The molecular weight excluding hydrogens is 421 g/mol. The van der Waals surface area contributed by atoms with Gasteiger partial charge in [0.1, 0.15) is 11.9 Å². The van der Waals surface area contributed by atoms with E-state index in [1.54, 1.807) is 17.6 Å². The molecule has 0 bridgehead atoms. The van der Waals surface area contributed by atoms with Gasteiger partial charge < -0.3 is 20.3 Å². The van der Waals surface area contributed by atoms with Crippen molar-refractivity contribution in [3.8, 4) is 0 Å². The van der Waals surface area contributed by atoms with Gasteiger partial charge in [-0.2, -0.15) is 0 Å². The molecule has 1 aromatic heterocycles. The number of rotatable bonds is 5. The Bertz CT molecular complexity index is 995. The standard InChI is InChI=1S/C19H17ClFN3O4S/c20-14-10(2-1-3-11(14)21)15-13(19(26)27)16(12-6-9(7-25)8-28-12)24-17(23-15)18-22-4-5-29-18/h1-5,9,12,15,25H,6-8H2,(H,23,24)(H,26,27). The van der Waals surface area contributed by atoms with Crippen LogP contribution in [0.4, 0.5) is 4.39 Å². The predicted octanol–water partition coefficient (Wildman–Crippen LogP) is 2.76. The van der Waals surface area contributed by atoms with Crippen LogP contribution in [0.25, 0.3) is 0 Å². The molecule has 2 aliphatic rings. The molecule has 152 valence electrons. The van der Waals surface area contributed by atoms with Crippen molar-refractivity contribution < 1.29 is 24.1 Å². The van der Waals surface area contributed by atoms with Crippen LogP contribution in [0.15, 0.2) is 46.0 Å². The van der Waals surface area contributed by atoms with E-state index in [0.717, 1.165) is 0 Å². The maximum absolute atomic E-state index is 14.1. The lowest BCUT2D eigenvalue weighted by Gasteiger charge is -2.29. The number of amidine groups is 1. The number of aliphatic hydroxyl groups excluding tert-OH is 1. The molecule has 3 N–H and O–H groups in total. The largest absolute Gasteiger partial charge is 0.478 e. The SMILES string of the molecule is O=C(O)C1=C(C2CC(CO)CO2)NC(c2nccs2)=NC1c1cccc(F)c1Cl. The molecule has 3 unspecified atom stereocenters. The number of aliphatic imine (C=N–C) groups is 1. The van der Waals surface area contributed by atoms with Gasteiger partial charge >= 0.3 is 5.97 Å². The molecule has 0 spiro atoms. The maximum atomic E-state index is 14.1. The summed E-state index contributed by atoms with van der Waals surface area (Å²) in [5, 5.41) is 24.6. The summed E-state index contributed by atoms with van der Waals surface area (Å²) in [6.07, 6.45) is 1.49. The minimum absolute atomic E-state index is 0.0568. The molecule has 1 saturated heterocycles. The zero-order valence-corrected chi connectivity index (χ0v) is 16.6. The van der Waals surface area contributed by atoms with Crippen molar-refractivity contribution in [1.82, 2.24) is 10.3 Å². The quantitative estimate of drug-likeness (QED) is 0.664. The molecule has 29 heavy (non-hydrogen) atoms. The summed E-state index contributed by atoms with van der Waals surface area (Å²) >= 11 is 7.50. The first-order valence-corrected chi connectivity index (χ1v) is 10.1. The number of nitrogens with one attached hydrogen (secondary N) is 1. The number of benzene rings is 1. The van der Waals surface area contributed by atoms with Gasteiger partial charge in [-0.25, -0.2) is 14.2 Å². The van der Waals surface area contributed by atoms with Gasteiger partial charge in [0.15, 0.2) is 10.8 Å². The van der Waals surface area contributed by atoms with Gasteiger partial charge in [-0.3, -0.25) is 4.99 Å². The Kier molecular flexibility index (Phi) is 5.64. The molecule has 7 nitrogen and oxygen atoms in total. The van der Waals surface area contributed by atoms with E-state index in [1.807, 2.05) is 0 Å². The molecule has 10 heteroatoms. The van der Waals surface area contributed by atoms with Gasteiger partial charge in [-0.15, -0.1) is 11.3 Å². The summed E-state index contributed by atoms with van der Waals surface area (Å²) < 4.78 is 19.9. The zero-order chi connectivity index (χ0) is 20.5. The lowest BCUT2D eigenvalue weighted by Crippen LogP contribution is -2.38. The third-order valence-electron chi connectivity index (χ3n) is 4.88. The van der Waals surface area contributed by atoms with E-state index >= 15 is 0 Å². The van der Waals surface area contributed by atoms with Crippen molar-refractivity contribution >= 4 is 34.7 Å². The molecule has 0 saturated carbocycles. The fourth-order valence-electron chi connectivity index (χ4n) is 3.48. The Morgan fingerprint density at radius 3 is 2.93 bits per heavy atom. The second-order valence-electron chi connectivity index (χ2n) is 6.72. The highest BCUT2D eigenvalue weighted by Gasteiger charge is 2.39. The molecule has 2 aliphatic heterocycles. The first kappa shape index (κ1) is 20.0. The van der Waals surface area contributed by atoms with Crippen LogP contribution < -0.4 is 5.32 Å². The van der Waals surface area contributed by atoms with Crippen molar-refractivity contribution in [2.24, 2.45) is 10.9 Å². The Labute approximate surface area is 174 Å². The second kappa shape index (κ2) is 8.19. The van der Waals surface area contributed by atoms with Gasteiger partial charge in [0.05, 0.1) is 29.0 Å². The van der Waals surface area contributed by atoms with Crippen LogP contribution in [0.3, 0.4) is 0 Å². The highest BCUT2D eigenvalue weighted by Crippen LogP contribution is 2.39. The van der Waals surface area contributed by atoms with Gasteiger partial charge in [-0.05, 0) is 12.5 Å². The van der Waals surface area contributed by atoms with Gasteiger partial charge in [0.25, 0.3) is 0 Å². The Morgan fingerprint density at radius 1 is 1.45 bits per heavy atom. The molecule has 1 aromatic carbocycles. The summed E-state index contributed by atoms with van der Waals surface area (Å²) in [6.45, 7) is 0.257. The first-order chi connectivity index (χ1) is 14.0. The normalized spacial score (nSPS) is 24.4. The fourth-order valence-corrected chi connectivity index (χ4v) is 4.30. The summed E-state index contributed by atoms with van der Waals surface area (Å²) in [5.74, 6) is -1.60. The number of ether oxygens (including phenoxy) is 1. The van der Waals surface area contributed by atoms with Crippen molar-refractivity contribution in [2.75, 3.05) is 13.2 Å². The molecule has 3 atom stereocenters. The highest BCUT2D eigenvalue weighted by molar-refractivity contribution is 7.11. The fraction of sp³-hybridized carbons (Fsp3) is 0.316. The molecule has 2 aromatic rings. The van der Waals surface area contributed by atoms with Crippen molar-refractivity contribution in [3.05, 3.63) is 62.5 Å². The third-order valence-corrected chi connectivity index (χ3v) is 6.06. The number of carboxylic acids is 1. The number of aliphatic carboxylic acids is 1. The van der Waals surface area contributed by atoms with Crippen LogP contribution in [0.2, 0.25) is 5.02 Å². The summed E-state index contributed by atoms with van der Waals surface area (Å²) in [6, 6.07) is 3.18. The number of aromatic nitrogens is 1. The van der Waals surface area contributed by atoms with E-state index in [4.69, 9.17) is 16.3 Å². The van der Waals surface area contributed by atoms with E-state index in [2.05, 4.69) is 15.3 Å². The van der Waals surface area contributed by atoms with Gasteiger partial charge in [0, 0.05) is 29.7 Å². The summed E-state index contributed by atoms with van der Waals surface area (Å²) in [5.41, 5.74) is 0.495. The van der Waals surface area contributed by atoms with Crippen molar-refractivity contribution in [3.63, 3.8) is 0 Å². The molecule has 0 amide bonds. The van der Waals surface area contributed by atoms with Crippen LogP contribution >= 0.6 is 22.9 Å². The van der Waals surface area contributed by atoms with E-state index in [1.165, 1.54) is 23.5 Å². The maximum Gasteiger partial charge on any atom is 0.336 e. The van der Waals surface area contributed by atoms with Gasteiger partial charge in [-0.1, -0.05) is 23.7 Å². The first-order valence-electron chi connectivity index (χ1n) is 8.88. The Morgan fingerprint density at radius 2 is 2.28 bits per heavy atom. The summed E-state index contributed by atoms with van der Waals surface area (Å²) in [4.78, 5) is 21.0. The Balaban J connectivity index is 1.86. The highest BCUT2D eigenvalue weighted by atomic mass is 35.5. The molecule has 0 radical (unpaired) electrons. The minimum atomic E-state index is -1.21. The summed E-state index contributed by atoms with van der Waals surface area (Å²) in [7, 11) is 0. The second-order valence-corrected chi connectivity index (χ2v) is 8.00. The number of hydrogen-bond donors (Lipinski definition) is 3. The van der Waals surface area contributed by atoms with E-state index in [9.17, 15) is 19.4 Å². The van der Waals surface area contributed by atoms with Crippen LogP contribution in [0.5, 0.6) is 0 Å². The lowest BCUT2D eigenvalue weighted by atomic mass is 9.92. The number of halogens is 2. The van der Waals surface area contributed by atoms with Gasteiger partial charge in [0.2, 0.25) is 0 Å². The van der Waals surface area contributed by atoms with E-state index in [-0.39, 0.29) is 28.7 Å². The minimum Gasteiger partial charge on any atom is -0.478 e. The zero-order valence-electron chi connectivity index (χ0n) is 15.0. The third kappa shape index (κ3) is 3.78. The number of aliphatic hydroxyl groups is 1. The monoisotopic (exact) mass is 437 g/mol. The van der Waals surface area contributed by atoms with Crippen LogP contribution in [0.1, 0.15) is 23.0 Å². The number of carboxylic acid groups (broad SMARTS) is 1. The number of carbonyl (C=O) groups is 1. The number of thiazole rings is 1. The number of hydrogen-bond acceptors (Lipinski definition) is 7. The van der Waals surface area contributed by atoms with E-state index in [0.29, 0.717) is 29.6 Å². The smallest absolute Gasteiger partial charge is 0.336 e. The molecule has 0 aliphatic carbocycles. The number of nitrogens with zero attached hydrogens (tertiary/aromatic N) is 2. The van der Waals surface area contributed by atoms with Crippen molar-refractivity contribution in [2.45, 2.75) is 18.6 Å². The van der Waals surface area contributed by atoms with Crippen LogP contribution in [-0.4, -0.2) is 46.3 Å². The van der Waals surface area contributed by atoms with E-state index < -0.39 is 23.9 Å². The van der Waals surface area contributed by atoms with Crippen LogP contribution in [-0.2, 0) is 9.53 Å². The lowest BCUT2D eigenvalue weighted by molar-refractivity contribution is -0.133. The molecular formula is C19H17ClFN3O4S. The molecule has 1 fully saturated rings. The predicted molar refractivity (Wildman–Crippen MR) is 106 cm³/mol.